The van der Waals surface area contributed by atoms with Crippen LogP contribution in [0.25, 0.3) is 0 Å². The van der Waals surface area contributed by atoms with Crippen LogP contribution in [-0.4, -0.2) is 60.4 Å². The molecule has 1 heterocycles. The van der Waals surface area contributed by atoms with Gasteiger partial charge in [-0.3, -0.25) is 14.5 Å². The van der Waals surface area contributed by atoms with Gasteiger partial charge in [0.2, 0.25) is 5.91 Å². The standard InChI is InChI=1S/C16H19F2N3O2/c17-12-7-11(8-13(18)9-12)16(23)19-10-15(22)21-5-3-20(4-6-21)14-1-2-14/h7-9,14H,1-6,10H2,(H,19,23). The lowest BCUT2D eigenvalue weighted by Crippen LogP contribution is -2.51. The molecular weight excluding hydrogens is 304 g/mol. The molecule has 1 aromatic carbocycles. The first kappa shape index (κ1) is 15.9. The van der Waals surface area contributed by atoms with Crippen molar-refractivity contribution in [2.75, 3.05) is 32.7 Å². The molecule has 23 heavy (non-hydrogen) atoms. The molecule has 1 saturated carbocycles. The van der Waals surface area contributed by atoms with E-state index in [1.807, 2.05) is 0 Å². The lowest BCUT2D eigenvalue weighted by molar-refractivity contribution is -0.131. The van der Waals surface area contributed by atoms with E-state index < -0.39 is 17.5 Å². The average Bonchev–Trinajstić information content (AvgIpc) is 3.36. The van der Waals surface area contributed by atoms with Gasteiger partial charge in [0.1, 0.15) is 11.6 Å². The van der Waals surface area contributed by atoms with E-state index in [1.54, 1.807) is 4.90 Å². The van der Waals surface area contributed by atoms with Crippen LogP contribution >= 0.6 is 0 Å². The second-order valence-corrected chi connectivity index (χ2v) is 5.99. The molecule has 1 aliphatic heterocycles. The Kier molecular flexibility index (Phi) is 4.56. The SMILES string of the molecule is O=C(NCC(=O)N1CCN(C2CC2)CC1)c1cc(F)cc(F)c1. The summed E-state index contributed by atoms with van der Waals surface area (Å²) in [6.45, 7) is 2.86. The topological polar surface area (TPSA) is 52.7 Å². The van der Waals surface area contributed by atoms with Crippen molar-refractivity contribution < 1.29 is 18.4 Å². The lowest BCUT2D eigenvalue weighted by atomic mass is 10.2. The molecule has 0 spiro atoms. The second kappa shape index (κ2) is 6.62. The molecule has 1 saturated heterocycles. The highest BCUT2D eigenvalue weighted by molar-refractivity contribution is 5.96. The van der Waals surface area contributed by atoms with Gasteiger partial charge < -0.3 is 10.2 Å². The highest BCUT2D eigenvalue weighted by Crippen LogP contribution is 2.27. The summed E-state index contributed by atoms with van der Waals surface area (Å²) >= 11 is 0. The van der Waals surface area contributed by atoms with E-state index in [4.69, 9.17) is 0 Å². The first-order valence-corrected chi connectivity index (χ1v) is 7.79. The number of halogens is 2. The van der Waals surface area contributed by atoms with E-state index in [-0.39, 0.29) is 18.0 Å². The van der Waals surface area contributed by atoms with Gasteiger partial charge in [-0.2, -0.15) is 0 Å². The summed E-state index contributed by atoms with van der Waals surface area (Å²) in [7, 11) is 0. The lowest BCUT2D eigenvalue weighted by Gasteiger charge is -2.34. The minimum absolute atomic E-state index is 0.131. The van der Waals surface area contributed by atoms with Crippen LogP contribution in [0.15, 0.2) is 18.2 Å². The third-order valence-corrected chi connectivity index (χ3v) is 4.26. The molecule has 1 N–H and O–H groups in total. The van der Waals surface area contributed by atoms with Gasteiger partial charge in [0.25, 0.3) is 5.91 Å². The van der Waals surface area contributed by atoms with Gasteiger partial charge >= 0.3 is 0 Å². The molecule has 0 bridgehead atoms. The van der Waals surface area contributed by atoms with E-state index in [0.29, 0.717) is 25.2 Å². The number of nitrogens with one attached hydrogen (secondary N) is 1. The minimum Gasteiger partial charge on any atom is -0.343 e. The quantitative estimate of drug-likeness (QED) is 0.899. The van der Waals surface area contributed by atoms with Crippen LogP contribution < -0.4 is 5.32 Å². The van der Waals surface area contributed by atoms with Crippen molar-refractivity contribution >= 4 is 11.8 Å². The van der Waals surface area contributed by atoms with Crippen LogP contribution in [0, 0.1) is 11.6 Å². The maximum Gasteiger partial charge on any atom is 0.251 e. The Morgan fingerprint density at radius 3 is 2.22 bits per heavy atom. The van der Waals surface area contributed by atoms with Gasteiger partial charge in [0.15, 0.2) is 0 Å². The summed E-state index contributed by atoms with van der Waals surface area (Å²) in [4.78, 5) is 28.1. The molecule has 0 radical (unpaired) electrons. The Balaban J connectivity index is 1.47. The van der Waals surface area contributed by atoms with Crippen LogP contribution in [-0.2, 0) is 4.79 Å². The Bertz CT molecular complexity index is 591. The summed E-state index contributed by atoms with van der Waals surface area (Å²) in [5.74, 6) is -2.48. The molecule has 0 aromatic heterocycles. The minimum atomic E-state index is -0.822. The van der Waals surface area contributed by atoms with Crippen LogP contribution in [0.1, 0.15) is 23.2 Å². The monoisotopic (exact) mass is 323 g/mol. The Labute approximate surface area is 133 Å². The summed E-state index contributed by atoms with van der Waals surface area (Å²) in [6, 6.07) is 3.27. The molecule has 2 fully saturated rings. The maximum atomic E-state index is 13.1. The Hall–Kier alpha value is -2.02. The van der Waals surface area contributed by atoms with Crippen molar-refractivity contribution in [3.05, 3.63) is 35.4 Å². The van der Waals surface area contributed by atoms with Crippen molar-refractivity contribution in [2.24, 2.45) is 0 Å². The molecule has 1 aromatic rings. The third kappa shape index (κ3) is 4.04. The highest BCUT2D eigenvalue weighted by atomic mass is 19.1. The Morgan fingerprint density at radius 1 is 1.04 bits per heavy atom. The second-order valence-electron chi connectivity index (χ2n) is 5.99. The third-order valence-electron chi connectivity index (χ3n) is 4.26. The van der Waals surface area contributed by atoms with Gasteiger partial charge in [0, 0.05) is 43.9 Å². The zero-order valence-corrected chi connectivity index (χ0v) is 12.7. The fraction of sp³-hybridized carbons (Fsp3) is 0.500. The van der Waals surface area contributed by atoms with E-state index in [9.17, 15) is 18.4 Å². The smallest absolute Gasteiger partial charge is 0.251 e. The summed E-state index contributed by atoms with van der Waals surface area (Å²) in [6.07, 6.45) is 2.49. The number of rotatable bonds is 4. The normalized spacial score (nSPS) is 18.8. The molecule has 7 heteroatoms. The number of carbonyl (C=O) groups is 2. The van der Waals surface area contributed by atoms with E-state index >= 15 is 0 Å². The highest BCUT2D eigenvalue weighted by Gasteiger charge is 2.32. The fourth-order valence-corrected chi connectivity index (χ4v) is 2.83. The number of amides is 2. The molecule has 3 rings (SSSR count). The summed E-state index contributed by atoms with van der Waals surface area (Å²) in [5, 5.41) is 2.42. The zero-order chi connectivity index (χ0) is 16.4. The number of piperazine rings is 1. The number of hydrogen-bond donors (Lipinski definition) is 1. The van der Waals surface area contributed by atoms with Gasteiger partial charge in [0.05, 0.1) is 6.54 Å². The van der Waals surface area contributed by atoms with Crippen molar-refractivity contribution in [1.82, 2.24) is 15.1 Å². The van der Waals surface area contributed by atoms with E-state index in [0.717, 1.165) is 25.2 Å². The van der Waals surface area contributed by atoms with Crippen molar-refractivity contribution in [2.45, 2.75) is 18.9 Å². The first-order chi connectivity index (χ1) is 11.0. The molecular formula is C16H19F2N3O2. The number of hydrogen-bond acceptors (Lipinski definition) is 3. The van der Waals surface area contributed by atoms with Crippen molar-refractivity contribution in [3.63, 3.8) is 0 Å². The van der Waals surface area contributed by atoms with Gasteiger partial charge in [-0.15, -0.1) is 0 Å². The van der Waals surface area contributed by atoms with Crippen molar-refractivity contribution in [3.8, 4) is 0 Å². The fourth-order valence-electron chi connectivity index (χ4n) is 2.83. The molecule has 1 aliphatic carbocycles. The first-order valence-electron chi connectivity index (χ1n) is 7.79. The zero-order valence-electron chi connectivity index (χ0n) is 12.7. The van der Waals surface area contributed by atoms with Gasteiger partial charge in [-0.1, -0.05) is 0 Å². The summed E-state index contributed by atoms with van der Waals surface area (Å²) < 4.78 is 26.2. The average molecular weight is 323 g/mol. The van der Waals surface area contributed by atoms with Gasteiger partial charge in [-0.05, 0) is 25.0 Å². The predicted octanol–water partition coefficient (Wildman–Crippen LogP) is 1.00. The maximum absolute atomic E-state index is 13.1. The number of nitrogens with zero attached hydrogens (tertiary/aromatic N) is 2. The molecule has 0 unspecified atom stereocenters. The van der Waals surface area contributed by atoms with Crippen LogP contribution in [0.5, 0.6) is 0 Å². The van der Waals surface area contributed by atoms with E-state index in [1.165, 1.54) is 12.8 Å². The molecule has 0 atom stereocenters. The predicted molar refractivity (Wildman–Crippen MR) is 79.9 cm³/mol. The van der Waals surface area contributed by atoms with E-state index in [2.05, 4.69) is 10.2 Å². The largest absolute Gasteiger partial charge is 0.343 e. The molecule has 124 valence electrons. The number of carbonyl (C=O) groups excluding carboxylic acids is 2. The molecule has 2 amide bonds. The molecule has 5 nitrogen and oxygen atoms in total. The number of benzene rings is 1. The van der Waals surface area contributed by atoms with Crippen LogP contribution in [0.2, 0.25) is 0 Å². The van der Waals surface area contributed by atoms with Crippen molar-refractivity contribution in [1.29, 1.82) is 0 Å². The van der Waals surface area contributed by atoms with Crippen LogP contribution in [0.4, 0.5) is 8.78 Å². The van der Waals surface area contributed by atoms with Gasteiger partial charge in [-0.25, -0.2) is 8.78 Å². The molecule has 2 aliphatic rings. The van der Waals surface area contributed by atoms with Crippen LogP contribution in [0.3, 0.4) is 0 Å². The summed E-state index contributed by atoms with van der Waals surface area (Å²) in [5.41, 5.74) is -0.131. The Morgan fingerprint density at radius 2 is 1.65 bits per heavy atom.